The van der Waals surface area contributed by atoms with Gasteiger partial charge in [0.15, 0.2) is 0 Å². The second-order valence-electron chi connectivity index (χ2n) is 3.57. The molecule has 2 atom stereocenters. The van der Waals surface area contributed by atoms with Crippen molar-refractivity contribution in [3.63, 3.8) is 0 Å². The van der Waals surface area contributed by atoms with E-state index in [0.29, 0.717) is 5.56 Å². The minimum absolute atomic E-state index is 0.143. The fourth-order valence-corrected chi connectivity index (χ4v) is 1.11. The SMILES string of the molecule is C=CC(C)C(C)OC(=O)c1ccccc1. The highest BCUT2D eigenvalue weighted by Gasteiger charge is 2.15. The van der Waals surface area contributed by atoms with E-state index >= 15 is 0 Å². The first-order chi connectivity index (χ1) is 7.15. The van der Waals surface area contributed by atoms with E-state index < -0.39 is 0 Å². The molecule has 0 aliphatic carbocycles. The summed E-state index contributed by atoms with van der Waals surface area (Å²) in [6.45, 7) is 7.51. The Bertz CT molecular complexity index is 330. The molecule has 0 bridgehead atoms. The number of ether oxygens (including phenoxy) is 1. The van der Waals surface area contributed by atoms with Crippen molar-refractivity contribution in [3.8, 4) is 0 Å². The lowest BCUT2D eigenvalue weighted by atomic mass is 10.1. The average Bonchev–Trinajstić information content (AvgIpc) is 2.29. The molecule has 0 spiro atoms. The smallest absolute Gasteiger partial charge is 0.338 e. The zero-order valence-electron chi connectivity index (χ0n) is 9.14. The molecule has 0 aliphatic rings. The summed E-state index contributed by atoms with van der Waals surface area (Å²) in [6.07, 6.45) is 1.64. The monoisotopic (exact) mass is 204 g/mol. The Kier molecular flexibility index (Phi) is 4.10. The molecule has 2 unspecified atom stereocenters. The summed E-state index contributed by atoms with van der Waals surface area (Å²) in [5.41, 5.74) is 0.584. The van der Waals surface area contributed by atoms with Gasteiger partial charge in [0, 0.05) is 5.92 Å². The molecule has 0 saturated heterocycles. The van der Waals surface area contributed by atoms with Gasteiger partial charge in [0.25, 0.3) is 0 Å². The van der Waals surface area contributed by atoms with Crippen LogP contribution in [0.1, 0.15) is 24.2 Å². The van der Waals surface area contributed by atoms with Gasteiger partial charge >= 0.3 is 5.97 Å². The second kappa shape index (κ2) is 5.35. The van der Waals surface area contributed by atoms with Gasteiger partial charge in [0.1, 0.15) is 6.10 Å². The lowest BCUT2D eigenvalue weighted by molar-refractivity contribution is 0.0266. The van der Waals surface area contributed by atoms with E-state index in [1.807, 2.05) is 32.0 Å². The fraction of sp³-hybridized carbons (Fsp3) is 0.308. The Morgan fingerprint density at radius 1 is 1.33 bits per heavy atom. The van der Waals surface area contributed by atoms with Crippen LogP contribution in [0.25, 0.3) is 0 Å². The van der Waals surface area contributed by atoms with Crippen LogP contribution in [0.15, 0.2) is 43.0 Å². The van der Waals surface area contributed by atoms with Crippen LogP contribution in [0.5, 0.6) is 0 Å². The van der Waals surface area contributed by atoms with Gasteiger partial charge in [-0.05, 0) is 19.1 Å². The standard InChI is InChI=1S/C13H16O2/c1-4-10(2)11(3)15-13(14)12-8-6-5-7-9-12/h4-11H,1H2,2-3H3. The normalized spacial score (nSPS) is 14.0. The van der Waals surface area contributed by atoms with Crippen LogP contribution >= 0.6 is 0 Å². The van der Waals surface area contributed by atoms with E-state index in [1.54, 1.807) is 18.2 Å². The number of carbonyl (C=O) groups is 1. The predicted octanol–water partition coefficient (Wildman–Crippen LogP) is 3.05. The molecule has 0 amide bonds. The lowest BCUT2D eigenvalue weighted by Gasteiger charge is -2.17. The highest BCUT2D eigenvalue weighted by Crippen LogP contribution is 2.11. The maximum Gasteiger partial charge on any atom is 0.338 e. The first-order valence-corrected chi connectivity index (χ1v) is 5.03. The molecule has 0 radical (unpaired) electrons. The molecule has 80 valence electrons. The Morgan fingerprint density at radius 2 is 1.93 bits per heavy atom. The van der Waals surface area contributed by atoms with E-state index in [9.17, 15) is 4.79 Å². The van der Waals surface area contributed by atoms with Crippen LogP contribution in [-0.4, -0.2) is 12.1 Å². The molecule has 0 aromatic heterocycles. The quantitative estimate of drug-likeness (QED) is 0.556. The third-order valence-corrected chi connectivity index (χ3v) is 2.41. The summed E-state index contributed by atoms with van der Waals surface area (Å²) in [6, 6.07) is 8.99. The Balaban J connectivity index is 2.60. The average molecular weight is 204 g/mol. The molecule has 0 aliphatic heterocycles. The summed E-state index contributed by atoms with van der Waals surface area (Å²) < 4.78 is 5.28. The molecule has 1 aromatic rings. The van der Waals surface area contributed by atoms with Gasteiger partial charge < -0.3 is 4.74 Å². The van der Waals surface area contributed by atoms with Crippen molar-refractivity contribution in [3.05, 3.63) is 48.6 Å². The molecule has 0 fully saturated rings. The highest BCUT2D eigenvalue weighted by molar-refractivity contribution is 5.89. The predicted molar refractivity (Wildman–Crippen MR) is 60.7 cm³/mol. The van der Waals surface area contributed by atoms with Gasteiger partial charge in [-0.15, -0.1) is 6.58 Å². The molecule has 2 nitrogen and oxygen atoms in total. The van der Waals surface area contributed by atoms with Gasteiger partial charge in [-0.3, -0.25) is 0 Å². The molecule has 1 rings (SSSR count). The number of hydrogen-bond acceptors (Lipinski definition) is 2. The van der Waals surface area contributed by atoms with Gasteiger partial charge in [0.05, 0.1) is 5.56 Å². The number of benzene rings is 1. The Morgan fingerprint density at radius 3 is 2.47 bits per heavy atom. The van der Waals surface area contributed by atoms with E-state index in [4.69, 9.17) is 4.74 Å². The van der Waals surface area contributed by atoms with Crippen LogP contribution in [-0.2, 0) is 4.74 Å². The van der Waals surface area contributed by atoms with Crippen molar-refractivity contribution < 1.29 is 9.53 Å². The Labute approximate surface area is 90.6 Å². The first-order valence-electron chi connectivity index (χ1n) is 5.03. The zero-order valence-corrected chi connectivity index (χ0v) is 9.14. The van der Waals surface area contributed by atoms with E-state index in [-0.39, 0.29) is 18.0 Å². The Hall–Kier alpha value is -1.57. The van der Waals surface area contributed by atoms with Gasteiger partial charge in [0.2, 0.25) is 0 Å². The summed E-state index contributed by atoms with van der Waals surface area (Å²) in [5, 5.41) is 0. The molecule has 1 aromatic carbocycles. The van der Waals surface area contributed by atoms with Crippen molar-refractivity contribution in [1.29, 1.82) is 0 Å². The molecular weight excluding hydrogens is 188 g/mol. The van der Waals surface area contributed by atoms with Crippen LogP contribution < -0.4 is 0 Å². The minimum atomic E-state index is -0.281. The summed E-state index contributed by atoms with van der Waals surface area (Å²) in [7, 11) is 0. The van der Waals surface area contributed by atoms with Crippen molar-refractivity contribution in [2.45, 2.75) is 20.0 Å². The van der Waals surface area contributed by atoms with Crippen LogP contribution in [0.4, 0.5) is 0 Å². The van der Waals surface area contributed by atoms with Crippen molar-refractivity contribution >= 4 is 5.97 Å². The van der Waals surface area contributed by atoms with Crippen molar-refractivity contribution in [1.82, 2.24) is 0 Å². The summed E-state index contributed by atoms with van der Waals surface area (Å²) in [5.74, 6) is -0.116. The highest BCUT2D eigenvalue weighted by atomic mass is 16.5. The van der Waals surface area contributed by atoms with Crippen LogP contribution in [0.3, 0.4) is 0 Å². The summed E-state index contributed by atoms with van der Waals surface area (Å²) in [4.78, 5) is 11.6. The lowest BCUT2D eigenvalue weighted by Crippen LogP contribution is -2.20. The third-order valence-electron chi connectivity index (χ3n) is 2.41. The number of rotatable bonds is 4. The van der Waals surface area contributed by atoms with E-state index in [0.717, 1.165) is 0 Å². The van der Waals surface area contributed by atoms with Crippen molar-refractivity contribution in [2.24, 2.45) is 5.92 Å². The van der Waals surface area contributed by atoms with Crippen LogP contribution in [0.2, 0.25) is 0 Å². The summed E-state index contributed by atoms with van der Waals surface area (Å²) >= 11 is 0. The van der Waals surface area contributed by atoms with Crippen molar-refractivity contribution in [2.75, 3.05) is 0 Å². The topological polar surface area (TPSA) is 26.3 Å². The number of hydrogen-bond donors (Lipinski definition) is 0. The first kappa shape index (κ1) is 11.5. The molecule has 0 N–H and O–H groups in total. The fourth-order valence-electron chi connectivity index (χ4n) is 1.11. The molecule has 2 heteroatoms. The van der Waals surface area contributed by atoms with Gasteiger partial charge in [-0.1, -0.05) is 31.2 Å². The van der Waals surface area contributed by atoms with Gasteiger partial charge in [-0.25, -0.2) is 4.79 Å². The van der Waals surface area contributed by atoms with E-state index in [2.05, 4.69) is 6.58 Å². The maximum absolute atomic E-state index is 11.6. The van der Waals surface area contributed by atoms with E-state index in [1.165, 1.54) is 0 Å². The zero-order chi connectivity index (χ0) is 11.3. The molecule has 0 heterocycles. The second-order valence-corrected chi connectivity index (χ2v) is 3.57. The maximum atomic E-state index is 11.6. The van der Waals surface area contributed by atoms with Crippen LogP contribution in [0, 0.1) is 5.92 Å². The largest absolute Gasteiger partial charge is 0.458 e. The number of esters is 1. The van der Waals surface area contributed by atoms with Gasteiger partial charge in [-0.2, -0.15) is 0 Å². The molecular formula is C13H16O2. The molecule has 15 heavy (non-hydrogen) atoms. The third kappa shape index (κ3) is 3.24. The minimum Gasteiger partial charge on any atom is -0.458 e. The molecule has 0 saturated carbocycles. The number of carbonyl (C=O) groups excluding carboxylic acids is 1.